The zero-order chi connectivity index (χ0) is 21.3. The minimum atomic E-state index is -0.797. The van der Waals surface area contributed by atoms with Crippen LogP contribution < -0.4 is 15.4 Å². The fourth-order valence-electron chi connectivity index (χ4n) is 4.06. The maximum Gasteiger partial charge on any atom is 0.232 e. The number of methoxy groups -OCH3 is 1. The molecule has 0 fully saturated rings. The molecule has 1 aliphatic heterocycles. The summed E-state index contributed by atoms with van der Waals surface area (Å²) in [5.41, 5.74) is 2.54. The van der Waals surface area contributed by atoms with E-state index in [1.54, 1.807) is 31.4 Å². The van der Waals surface area contributed by atoms with Gasteiger partial charge in [0.15, 0.2) is 5.78 Å². The Morgan fingerprint density at radius 2 is 1.73 bits per heavy atom. The molecule has 0 spiro atoms. The molecule has 0 aromatic heterocycles. The van der Waals surface area contributed by atoms with Gasteiger partial charge in [0.2, 0.25) is 11.8 Å². The third-order valence-corrected chi connectivity index (χ3v) is 5.80. The Hall–Kier alpha value is -3.12. The molecule has 0 saturated carbocycles. The molecular formula is C23H21ClN2O4. The molecule has 2 aromatic rings. The first-order valence-corrected chi connectivity index (χ1v) is 10.1. The van der Waals surface area contributed by atoms with Gasteiger partial charge in [-0.2, -0.15) is 0 Å². The summed E-state index contributed by atoms with van der Waals surface area (Å²) >= 11 is 5.88. The number of allylic oxidation sites excluding steroid dienone is 1. The van der Waals surface area contributed by atoms with Gasteiger partial charge in [0.05, 0.1) is 13.0 Å². The SMILES string of the molecule is COc1ccc([C@@H]2CC(=O)C3=C(C2)NC(=O)C[C@H]3C(=O)Nc2ccc(Cl)cc2)cc1. The Labute approximate surface area is 179 Å². The average Bonchev–Trinajstić information content (AvgIpc) is 2.74. The number of ketones is 1. The minimum absolute atomic E-state index is 0.0444. The lowest BCUT2D eigenvalue weighted by Crippen LogP contribution is -2.43. The number of Topliss-reactive ketones (excluding diaryl/α,β-unsaturated/α-hetero) is 1. The number of anilines is 1. The Kier molecular flexibility index (Phi) is 5.59. The summed E-state index contributed by atoms with van der Waals surface area (Å²) in [5.74, 6) is -0.836. The first-order chi connectivity index (χ1) is 14.4. The summed E-state index contributed by atoms with van der Waals surface area (Å²) < 4.78 is 5.19. The molecule has 2 atom stereocenters. The summed E-state index contributed by atoms with van der Waals surface area (Å²) in [6.07, 6.45) is 0.757. The lowest BCUT2D eigenvalue weighted by atomic mass is 9.75. The van der Waals surface area contributed by atoms with Gasteiger partial charge in [0, 0.05) is 34.8 Å². The van der Waals surface area contributed by atoms with Gasteiger partial charge in [-0.05, 0) is 54.3 Å². The highest BCUT2D eigenvalue weighted by Crippen LogP contribution is 2.39. The van der Waals surface area contributed by atoms with E-state index >= 15 is 0 Å². The van der Waals surface area contributed by atoms with Gasteiger partial charge in [-0.1, -0.05) is 23.7 Å². The second-order valence-electron chi connectivity index (χ2n) is 7.49. The second kappa shape index (κ2) is 8.32. The van der Waals surface area contributed by atoms with E-state index in [4.69, 9.17) is 16.3 Å². The molecular weight excluding hydrogens is 404 g/mol. The molecule has 0 saturated heterocycles. The molecule has 154 valence electrons. The van der Waals surface area contributed by atoms with Gasteiger partial charge in [-0.15, -0.1) is 0 Å². The van der Waals surface area contributed by atoms with Gasteiger partial charge in [-0.25, -0.2) is 0 Å². The number of amides is 2. The molecule has 2 aromatic carbocycles. The second-order valence-corrected chi connectivity index (χ2v) is 7.93. The lowest BCUT2D eigenvalue weighted by molar-refractivity contribution is -0.129. The molecule has 7 heteroatoms. The van der Waals surface area contributed by atoms with E-state index in [0.717, 1.165) is 11.3 Å². The van der Waals surface area contributed by atoms with Crippen molar-refractivity contribution in [3.63, 3.8) is 0 Å². The van der Waals surface area contributed by atoms with E-state index in [1.165, 1.54) is 0 Å². The van der Waals surface area contributed by atoms with Crippen molar-refractivity contribution in [1.82, 2.24) is 5.32 Å². The zero-order valence-corrected chi connectivity index (χ0v) is 17.2. The fraction of sp³-hybridized carbons (Fsp3) is 0.261. The van der Waals surface area contributed by atoms with Gasteiger partial charge in [0.1, 0.15) is 5.75 Å². The van der Waals surface area contributed by atoms with Crippen molar-refractivity contribution < 1.29 is 19.1 Å². The molecule has 2 N–H and O–H groups in total. The Morgan fingerprint density at radius 1 is 1.03 bits per heavy atom. The monoisotopic (exact) mass is 424 g/mol. The van der Waals surface area contributed by atoms with Crippen LogP contribution in [0.15, 0.2) is 59.8 Å². The van der Waals surface area contributed by atoms with Crippen LogP contribution >= 0.6 is 11.6 Å². The average molecular weight is 425 g/mol. The quantitative estimate of drug-likeness (QED) is 0.781. The maximum atomic E-state index is 13.0. The molecule has 6 nitrogen and oxygen atoms in total. The molecule has 0 radical (unpaired) electrons. The van der Waals surface area contributed by atoms with E-state index in [0.29, 0.717) is 34.8 Å². The van der Waals surface area contributed by atoms with Crippen molar-refractivity contribution in [3.05, 3.63) is 70.4 Å². The van der Waals surface area contributed by atoms with Crippen molar-refractivity contribution in [2.75, 3.05) is 12.4 Å². The van der Waals surface area contributed by atoms with E-state index in [-0.39, 0.29) is 29.9 Å². The molecule has 4 rings (SSSR count). The summed E-state index contributed by atoms with van der Waals surface area (Å²) in [5, 5.41) is 6.17. The van der Waals surface area contributed by atoms with E-state index < -0.39 is 5.92 Å². The highest BCUT2D eigenvalue weighted by atomic mass is 35.5. The van der Waals surface area contributed by atoms with Gasteiger partial charge >= 0.3 is 0 Å². The highest BCUT2D eigenvalue weighted by molar-refractivity contribution is 6.30. The predicted octanol–water partition coefficient (Wildman–Crippen LogP) is 3.82. The Morgan fingerprint density at radius 3 is 2.40 bits per heavy atom. The van der Waals surface area contributed by atoms with Gasteiger partial charge in [-0.3, -0.25) is 14.4 Å². The molecule has 30 heavy (non-hydrogen) atoms. The van der Waals surface area contributed by atoms with Crippen molar-refractivity contribution in [3.8, 4) is 5.75 Å². The van der Waals surface area contributed by atoms with Crippen LogP contribution in [0.5, 0.6) is 5.75 Å². The van der Waals surface area contributed by atoms with Crippen LogP contribution in [-0.2, 0) is 14.4 Å². The van der Waals surface area contributed by atoms with Gasteiger partial charge < -0.3 is 15.4 Å². The number of ether oxygens (including phenoxy) is 1. The smallest absolute Gasteiger partial charge is 0.232 e. The third kappa shape index (κ3) is 4.09. The van der Waals surface area contributed by atoms with Gasteiger partial charge in [0.25, 0.3) is 0 Å². The van der Waals surface area contributed by atoms with Crippen LogP contribution in [0.25, 0.3) is 0 Å². The topological polar surface area (TPSA) is 84.5 Å². The van der Waals surface area contributed by atoms with E-state index in [2.05, 4.69) is 10.6 Å². The van der Waals surface area contributed by atoms with Crippen LogP contribution in [0.3, 0.4) is 0 Å². The van der Waals surface area contributed by atoms with Crippen LogP contribution in [0, 0.1) is 5.92 Å². The molecule has 1 aliphatic carbocycles. The molecule has 2 amide bonds. The maximum absolute atomic E-state index is 13.0. The largest absolute Gasteiger partial charge is 0.497 e. The molecule has 0 bridgehead atoms. The van der Waals surface area contributed by atoms with Crippen molar-refractivity contribution >= 4 is 34.9 Å². The standard InChI is InChI=1S/C23H21ClN2O4/c1-30-17-8-2-13(3-9-17)14-10-19-22(20(27)11-14)18(12-21(28)26-19)23(29)25-16-6-4-15(24)5-7-16/h2-9,14,18H,10-12H2,1H3,(H,25,29)(H,26,28)/t14-,18+/m0/s1. The number of halogens is 1. The number of rotatable bonds is 4. The summed E-state index contributed by atoms with van der Waals surface area (Å²) in [7, 11) is 1.60. The molecule has 0 unspecified atom stereocenters. The highest BCUT2D eigenvalue weighted by Gasteiger charge is 2.40. The number of hydrogen-bond donors (Lipinski definition) is 2. The van der Waals surface area contributed by atoms with Crippen molar-refractivity contribution in [1.29, 1.82) is 0 Å². The van der Waals surface area contributed by atoms with Crippen molar-refractivity contribution in [2.24, 2.45) is 5.92 Å². The number of hydrogen-bond acceptors (Lipinski definition) is 4. The summed E-state index contributed by atoms with van der Waals surface area (Å²) in [4.78, 5) is 38.2. The number of benzene rings is 2. The van der Waals surface area contributed by atoms with Crippen LogP contribution in [0.2, 0.25) is 5.02 Å². The van der Waals surface area contributed by atoms with E-state index in [9.17, 15) is 14.4 Å². The number of nitrogens with one attached hydrogen (secondary N) is 2. The summed E-state index contributed by atoms with van der Waals surface area (Å²) in [6.45, 7) is 0. The Balaban J connectivity index is 1.58. The number of carbonyl (C=O) groups is 3. The van der Waals surface area contributed by atoms with Crippen molar-refractivity contribution in [2.45, 2.75) is 25.2 Å². The predicted molar refractivity (Wildman–Crippen MR) is 113 cm³/mol. The minimum Gasteiger partial charge on any atom is -0.497 e. The third-order valence-electron chi connectivity index (χ3n) is 5.55. The first-order valence-electron chi connectivity index (χ1n) is 9.71. The van der Waals surface area contributed by atoms with E-state index in [1.807, 2.05) is 24.3 Å². The normalized spacial score (nSPS) is 21.0. The Bertz CT molecular complexity index is 1030. The number of carbonyl (C=O) groups excluding carboxylic acids is 3. The van der Waals surface area contributed by atoms with Crippen LogP contribution in [-0.4, -0.2) is 24.7 Å². The first kappa shape index (κ1) is 20.2. The lowest BCUT2D eigenvalue weighted by Gasteiger charge is -2.33. The van der Waals surface area contributed by atoms with Crippen LogP contribution in [0.4, 0.5) is 5.69 Å². The van der Waals surface area contributed by atoms with Crippen LogP contribution in [0.1, 0.15) is 30.7 Å². The molecule has 2 aliphatic rings. The zero-order valence-electron chi connectivity index (χ0n) is 16.4. The molecule has 1 heterocycles. The summed E-state index contributed by atoms with van der Waals surface area (Å²) in [6, 6.07) is 14.3. The fourth-order valence-corrected chi connectivity index (χ4v) is 4.18.